The van der Waals surface area contributed by atoms with Gasteiger partial charge < -0.3 is 25.0 Å². The van der Waals surface area contributed by atoms with Crippen LogP contribution in [0.15, 0.2) is 36.4 Å². The molecule has 0 saturated carbocycles. The molecule has 1 aliphatic rings. The van der Waals surface area contributed by atoms with Gasteiger partial charge in [0.15, 0.2) is 0 Å². The Morgan fingerprint density at radius 3 is 2.47 bits per heavy atom. The third-order valence-electron chi connectivity index (χ3n) is 5.82. The summed E-state index contributed by atoms with van der Waals surface area (Å²) in [6.07, 6.45) is 1.45. The second-order valence-electron chi connectivity index (χ2n) is 8.37. The Bertz CT molecular complexity index is 980. The first kappa shape index (κ1) is 23.7. The SMILES string of the molecule is COc1cc(OC)c(NC(=O)N2CCC[C@](C)(C(=O)NCc3ccc(C)cc3)C2)cc1Cl. The number of amides is 3. The number of methoxy groups -OCH3 is 2. The Labute approximate surface area is 194 Å². The summed E-state index contributed by atoms with van der Waals surface area (Å²) in [5.41, 5.74) is 2.00. The summed E-state index contributed by atoms with van der Waals surface area (Å²) in [4.78, 5) is 27.6. The van der Waals surface area contributed by atoms with Crippen LogP contribution in [-0.2, 0) is 11.3 Å². The molecule has 8 heteroatoms. The number of aryl methyl sites for hydroxylation is 1. The van der Waals surface area contributed by atoms with Gasteiger partial charge in [-0.2, -0.15) is 0 Å². The molecule has 1 heterocycles. The minimum atomic E-state index is -0.665. The van der Waals surface area contributed by atoms with Crippen molar-refractivity contribution < 1.29 is 19.1 Å². The molecule has 0 spiro atoms. The maximum absolute atomic E-state index is 13.0. The number of halogens is 1. The molecule has 7 nitrogen and oxygen atoms in total. The highest BCUT2D eigenvalue weighted by molar-refractivity contribution is 6.32. The van der Waals surface area contributed by atoms with Gasteiger partial charge in [-0.3, -0.25) is 4.79 Å². The number of piperidine rings is 1. The van der Waals surface area contributed by atoms with Gasteiger partial charge in [-0.15, -0.1) is 0 Å². The summed E-state index contributed by atoms with van der Waals surface area (Å²) in [6.45, 7) is 5.29. The molecular formula is C24H30ClN3O4. The molecule has 2 aromatic rings. The summed E-state index contributed by atoms with van der Waals surface area (Å²) >= 11 is 6.21. The fourth-order valence-corrected chi connectivity index (χ4v) is 4.09. The highest BCUT2D eigenvalue weighted by Crippen LogP contribution is 2.36. The summed E-state index contributed by atoms with van der Waals surface area (Å²) in [5, 5.41) is 6.24. The number of urea groups is 1. The van der Waals surface area contributed by atoms with E-state index in [4.69, 9.17) is 21.1 Å². The second kappa shape index (κ2) is 10.1. The minimum absolute atomic E-state index is 0.0550. The largest absolute Gasteiger partial charge is 0.495 e. The van der Waals surface area contributed by atoms with E-state index in [0.29, 0.717) is 48.3 Å². The zero-order valence-electron chi connectivity index (χ0n) is 19.0. The topological polar surface area (TPSA) is 79.9 Å². The molecule has 0 aromatic heterocycles. The van der Waals surface area contributed by atoms with Crippen molar-refractivity contribution in [1.29, 1.82) is 0 Å². The molecule has 2 aromatic carbocycles. The minimum Gasteiger partial charge on any atom is -0.495 e. The predicted octanol–water partition coefficient (Wildman–Crippen LogP) is 4.62. The first-order valence-electron chi connectivity index (χ1n) is 10.6. The lowest BCUT2D eigenvalue weighted by Gasteiger charge is -2.39. The van der Waals surface area contributed by atoms with Gasteiger partial charge in [-0.25, -0.2) is 4.79 Å². The molecule has 0 radical (unpaired) electrons. The lowest BCUT2D eigenvalue weighted by atomic mass is 9.81. The average molecular weight is 460 g/mol. The zero-order chi connectivity index (χ0) is 23.3. The molecule has 1 fully saturated rings. The number of carbonyl (C=O) groups is 2. The highest BCUT2D eigenvalue weighted by Gasteiger charge is 2.39. The zero-order valence-corrected chi connectivity index (χ0v) is 19.7. The molecule has 3 rings (SSSR count). The van der Waals surface area contributed by atoms with Crippen molar-refractivity contribution in [3.8, 4) is 11.5 Å². The van der Waals surface area contributed by atoms with Crippen LogP contribution < -0.4 is 20.1 Å². The van der Waals surface area contributed by atoms with Crippen LogP contribution in [-0.4, -0.2) is 44.1 Å². The standard InChI is InChI=1S/C24H30ClN3O4/c1-16-6-8-17(9-7-16)14-26-22(29)24(2)10-5-11-28(15-24)23(30)27-19-12-18(25)20(31-3)13-21(19)32-4/h6-9,12-13H,5,10-11,14-15H2,1-4H3,(H,26,29)(H,27,30)/t24-/m0/s1. The molecule has 1 atom stereocenters. The van der Waals surface area contributed by atoms with Crippen molar-refractivity contribution in [2.24, 2.45) is 5.41 Å². The number of carbonyl (C=O) groups excluding carboxylic acids is 2. The van der Waals surface area contributed by atoms with Crippen molar-refractivity contribution in [1.82, 2.24) is 10.2 Å². The van der Waals surface area contributed by atoms with E-state index >= 15 is 0 Å². The van der Waals surface area contributed by atoms with E-state index in [2.05, 4.69) is 10.6 Å². The molecular weight excluding hydrogens is 430 g/mol. The monoisotopic (exact) mass is 459 g/mol. The van der Waals surface area contributed by atoms with E-state index in [1.165, 1.54) is 19.8 Å². The van der Waals surface area contributed by atoms with Gasteiger partial charge in [0.1, 0.15) is 11.5 Å². The van der Waals surface area contributed by atoms with Crippen LogP contribution in [0.2, 0.25) is 5.02 Å². The molecule has 0 bridgehead atoms. The number of likely N-dealkylation sites (tertiary alicyclic amines) is 1. The fourth-order valence-electron chi connectivity index (χ4n) is 3.85. The third-order valence-corrected chi connectivity index (χ3v) is 6.12. The Hall–Kier alpha value is -2.93. The lowest BCUT2D eigenvalue weighted by Crippen LogP contribution is -2.52. The number of nitrogens with zero attached hydrogens (tertiary/aromatic N) is 1. The van der Waals surface area contributed by atoms with Gasteiger partial charge in [0.05, 0.1) is 30.3 Å². The van der Waals surface area contributed by atoms with Gasteiger partial charge in [0.2, 0.25) is 5.91 Å². The quantitative estimate of drug-likeness (QED) is 0.660. The van der Waals surface area contributed by atoms with E-state index < -0.39 is 5.41 Å². The number of ether oxygens (including phenoxy) is 2. The fraction of sp³-hybridized carbons (Fsp3) is 0.417. The van der Waals surface area contributed by atoms with Crippen molar-refractivity contribution in [3.63, 3.8) is 0 Å². The molecule has 2 N–H and O–H groups in total. The Balaban J connectivity index is 1.65. The number of hydrogen-bond acceptors (Lipinski definition) is 4. The van der Waals surface area contributed by atoms with E-state index in [1.54, 1.807) is 17.0 Å². The maximum atomic E-state index is 13.0. The number of rotatable bonds is 6. The van der Waals surface area contributed by atoms with Crippen LogP contribution in [0, 0.1) is 12.3 Å². The predicted molar refractivity (Wildman–Crippen MR) is 126 cm³/mol. The molecule has 0 unspecified atom stereocenters. The summed E-state index contributed by atoms with van der Waals surface area (Å²) in [7, 11) is 3.02. The average Bonchev–Trinajstić information content (AvgIpc) is 2.78. The number of hydrogen-bond donors (Lipinski definition) is 2. The Kier molecular flexibility index (Phi) is 7.51. The van der Waals surface area contributed by atoms with Gasteiger partial charge in [0.25, 0.3) is 0 Å². The Morgan fingerprint density at radius 1 is 1.12 bits per heavy atom. The van der Waals surface area contributed by atoms with Crippen LogP contribution in [0.3, 0.4) is 0 Å². The van der Waals surface area contributed by atoms with Gasteiger partial charge in [-0.05, 0) is 38.3 Å². The van der Waals surface area contributed by atoms with Crippen LogP contribution >= 0.6 is 11.6 Å². The highest BCUT2D eigenvalue weighted by atomic mass is 35.5. The van der Waals surface area contributed by atoms with Gasteiger partial charge in [0, 0.05) is 25.7 Å². The first-order chi connectivity index (χ1) is 15.3. The van der Waals surface area contributed by atoms with E-state index in [1.807, 2.05) is 38.1 Å². The smallest absolute Gasteiger partial charge is 0.321 e. The van der Waals surface area contributed by atoms with E-state index in [0.717, 1.165) is 12.0 Å². The van der Waals surface area contributed by atoms with Crippen molar-refractivity contribution in [2.75, 3.05) is 32.6 Å². The number of benzene rings is 2. The maximum Gasteiger partial charge on any atom is 0.321 e. The summed E-state index contributed by atoms with van der Waals surface area (Å²) in [5.74, 6) is 0.841. The van der Waals surface area contributed by atoms with Gasteiger partial charge >= 0.3 is 6.03 Å². The molecule has 0 aliphatic carbocycles. The van der Waals surface area contributed by atoms with E-state index in [9.17, 15) is 9.59 Å². The first-order valence-corrected chi connectivity index (χ1v) is 10.9. The molecule has 1 saturated heterocycles. The summed E-state index contributed by atoms with van der Waals surface area (Å²) < 4.78 is 10.6. The summed E-state index contributed by atoms with van der Waals surface area (Å²) in [6, 6.07) is 11.0. The van der Waals surface area contributed by atoms with Crippen LogP contribution in [0.25, 0.3) is 0 Å². The second-order valence-corrected chi connectivity index (χ2v) is 8.78. The van der Waals surface area contributed by atoms with Crippen LogP contribution in [0.1, 0.15) is 30.9 Å². The van der Waals surface area contributed by atoms with Gasteiger partial charge in [-0.1, -0.05) is 41.4 Å². The van der Waals surface area contributed by atoms with Crippen molar-refractivity contribution in [3.05, 3.63) is 52.5 Å². The number of nitrogens with one attached hydrogen (secondary N) is 2. The van der Waals surface area contributed by atoms with Crippen LogP contribution in [0.5, 0.6) is 11.5 Å². The van der Waals surface area contributed by atoms with E-state index in [-0.39, 0.29) is 11.9 Å². The lowest BCUT2D eigenvalue weighted by molar-refractivity contribution is -0.132. The van der Waals surface area contributed by atoms with Crippen molar-refractivity contribution in [2.45, 2.75) is 33.2 Å². The third kappa shape index (κ3) is 5.46. The van der Waals surface area contributed by atoms with Crippen LogP contribution in [0.4, 0.5) is 10.5 Å². The number of anilines is 1. The molecule has 32 heavy (non-hydrogen) atoms. The molecule has 172 valence electrons. The van der Waals surface area contributed by atoms with Crippen molar-refractivity contribution >= 4 is 29.2 Å². The Morgan fingerprint density at radius 2 is 1.81 bits per heavy atom. The molecule has 1 aliphatic heterocycles. The normalized spacial score (nSPS) is 18.1. The molecule has 3 amide bonds.